The lowest BCUT2D eigenvalue weighted by atomic mass is 10.0. The van der Waals surface area contributed by atoms with Crippen LogP contribution in [0.3, 0.4) is 0 Å². The SMILES string of the molecule is CCCC(N)CCc1cc(C)ccc1OC. The predicted octanol–water partition coefficient (Wildman–Crippen LogP) is 3.06. The first-order valence-electron chi connectivity index (χ1n) is 6.06. The standard InChI is InChI=1S/C14H23NO/c1-4-5-13(15)8-7-12-10-11(2)6-9-14(12)16-3/h6,9-10,13H,4-5,7-8,15H2,1-3H3. The fourth-order valence-corrected chi connectivity index (χ4v) is 1.96. The molecule has 1 rings (SSSR count). The Bertz CT molecular complexity index is 323. The van der Waals surface area contributed by atoms with Crippen LogP contribution in [0.15, 0.2) is 18.2 Å². The highest BCUT2D eigenvalue weighted by Crippen LogP contribution is 2.21. The van der Waals surface area contributed by atoms with E-state index in [1.165, 1.54) is 11.1 Å². The van der Waals surface area contributed by atoms with Gasteiger partial charge in [-0.2, -0.15) is 0 Å². The van der Waals surface area contributed by atoms with Crippen LogP contribution in [-0.4, -0.2) is 13.2 Å². The van der Waals surface area contributed by atoms with Crippen LogP contribution >= 0.6 is 0 Å². The van der Waals surface area contributed by atoms with E-state index in [4.69, 9.17) is 10.5 Å². The molecule has 0 aliphatic heterocycles. The molecule has 2 N–H and O–H groups in total. The molecular formula is C14H23NO. The van der Waals surface area contributed by atoms with Gasteiger partial charge in [-0.3, -0.25) is 0 Å². The van der Waals surface area contributed by atoms with Crippen molar-refractivity contribution < 1.29 is 4.74 Å². The molecule has 0 fully saturated rings. The maximum absolute atomic E-state index is 6.02. The highest BCUT2D eigenvalue weighted by Gasteiger charge is 2.06. The van der Waals surface area contributed by atoms with E-state index in [2.05, 4.69) is 26.0 Å². The van der Waals surface area contributed by atoms with Gasteiger partial charge in [-0.25, -0.2) is 0 Å². The second-order valence-corrected chi connectivity index (χ2v) is 4.40. The number of rotatable bonds is 6. The fraction of sp³-hybridized carbons (Fsp3) is 0.571. The molecule has 0 spiro atoms. The molecule has 0 radical (unpaired) electrons. The molecule has 1 atom stereocenters. The van der Waals surface area contributed by atoms with Gasteiger partial charge in [-0.1, -0.05) is 31.0 Å². The minimum absolute atomic E-state index is 0.315. The van der Waals surface area contributed by atoms with Gasteiger partial charge < -0.3 is 10.5 Å². The van der Waals surface area contributed by atoms with E-state index in [1.807, 2.05) is 6.07 Å². The van der Waals surface area contributed by atoms with E-state index in [0.717, 1.165) is 31.4 Å². The summed E-state index contributed by atoms with van der Waals surface area (Å²) in [7, 11) is 1.72. The molecule has 1 aromatic rings. The third kappa shape index (κ3) is 3.86. The van der Waals surface area contributed by atoms with Crippen molar-refractivity contribution >= 4 is 0 Å². The average Bonchev–Trinajstić information content (AvgIpc) is 2.27. The minimum Gasteiger partial charge on any atom is -0.496 e. The van der Waals surface area contributed by atoms with Crippen LogP contribution in [0.25, 0.3) is 0 Å². The quantitative estimate of drug-likeness (QED) is 0.801. The fourth-order valence-electron chi connectivity index (χ4n) is 1.96. The Balaban J connectivity index is 2.61. The Labute approximate surface area is 98.8 Å². The molecule has 0 bridgehead atoms. The van der Waals surface area contributed by atoms with Crippen LogP contribution < -0.4 is 10.5 Å². The van der Waals surface area contributed by atoms with Crippen LogP contribution in [0.4, 0.5) is 0 Å². The van der Waals surface area contributed by atoms with Crippen molar-refractivity contribution in [1.82, 2.24) is 0 Å². The van der Waals surface area contributed by atoms with E-state index < -0.39 is 0 Å². The van der Waals surface area contributed by atoms with E-state index in [1.54, 1.807) is 7.11 Å². The maximum atomic E-state index is 6.02. The zero-order valence-electron chi connectivity index (χ0n) is 10.6. The van der Waals surface area contributed by atoms with Crippen LogP contribution in [0.2, 0.25) is 0 Å². The Hall–Kier alpha value is -1.02. The third-order valence-corrected chi connectivity index (χ3v) is 2.88. The number of methoxy groups -OCH3 is 1. The van der Waals surface area contributed by atoms with Gasteiger partial charge >= 0.3 is 0 Å². The lowest BCUT2D eigenvalue weighted by molar-refractivity contribution is 0.407. The van der Waals surface area contributed by atoms with Gasteiger partial charge in [0.15, 0.2) is 0 Å². The number of aryl methyl sites for hydroxylation is 2. The lowest BCUT2D eigenvalue weighted by Crippen LogP contribution is -2.20. The number of hydrogen-bond donors (Lipinski definition) is 1. The summed E-state index contributed by atoms with van der Waals surface area (Å²) in [5.41, 5.74) is 8.57. The minimum atomic E-state index is 0.315. The van der Waals surface area contributed by atoms with Crippen LogP contribution in [0.1, 0.15) is 37.3 Å². The summed E-state index contributed by atoms with van der Waals surface area (Å²) in [6.07, 6.45) is 4.31. The highest BCUT2D eigenvalue weighted by molar-refractivity contribution is 5.36. The van der Waals surface area contributed by atoms with Crippen molar-refractivity contribution in [2.24, 2.45) is 5.73 Å². The molecule has 0 saturated carbocycles. The molecule has 0 amide bonds. The summed E-state index contributed by atoms with van der Waals surface area (Å²) >= 11 is 0. The van der Waals surface area contributed by atoms with E-state index in [0.29, 0.717) is 6.04 Å². The molecule has 0 saturated heterocycles. The van der Waals surface area contributed by atoms with Crippen LogP contribution in [0.5, 0.6) is 5.75 Å². The summed E-state index contributed by atoms with van der Waals surface area (Å²) in [4.78, 5) is 0. The number of ether oxygens (including phenoxy) is 1. The Morgan fingerprint density at radius 2 is 2.06 bits per heavy atom. The van der Waals surface area contributed by atoms with Crippen molar-refractivity contribution in [1.29, 1.82) is 0 Å². The summed E-state index contributed by atoms with van der Waals surface area (Å²) in [5.74, 6) is 0.981. The zero-order valence-corrected chi connectivity index (χ0v) is 10.6. The van der Waals surface area contributed by atoms with Gasteiger partial charge in [0.25, 0.3) is 0 Å². The van der Waals surface area contributed by atoms with Crippen molar-refractivity contribution in [3.05, 3.63) is 29.3 Å². The molecule has 90 valence electrons. The van der Waals surface area contributed by atoms with E-state index in [9.17, 15) is 0 Å². The van der Waals surface area contributed by atoms with Gasteiger partial charge in [0, 0.05) is 6.04 Å². The number of nitrogens with two attached hydrogens (primary N) is 1. The second kappa shape index (κ2) is 6.54. The van der Waals surface area contributed by atoms with Crippen molar-refractivity contribution in [2.45, 2.75) is 45.6 Å². The molecule has 0 aliphatic rings. The predicted molar refractivity (Wildman–Crippen MR) is 68.9 cm³/mol. The average molecular weight is 221 g/mol. The monoisotopic (exact) mass is 221 g/mol. The summed E-state index contributed by atoms with van der Waals surface area (Å²) in [6, 6.07) is 6.62. The normalized spacial score (nSPS) is 12.5. The first-order valence-corrected chi connectivity index (χ1v) is 6.06. The zero-order chi connectivity index (χ0) is 12.0. The van der Waals surface area contributed by atoms with Crippen molar-refractivity contribution in [3.8, 4) is 5.75 Å². The molecule has 0 aromatic heterocycles. The van der Waals surface area contributed by atoms with Crippen LogP contribution in [0, 0.1) is 6.92 Å². The molecule has 2 nitrogen and oxygen atoms in total. The number of benzene rings is 1. The molecule has 16 heavy (non-hydrogen) atoms. The molecule has 0 aliphatic carbocycles. The Kier molecular flexibility index (Phi) is 5.33. The van der Waals surface area contributed by atoms with Gasteiger partial charge in [-0.15, -0.1) is 0 Å². The van der Waals surface area contributed by atoms with E-state index >= 15 is 0 Å². The largest absolute Gasteiger partial charge is 0.496 e. The van der Waals surface area contributed by atoms with Gasteiger partial charge in [-0.05, 0) is 37.8 Å². The first kappa shape index (κ1) is 13.0. The summed E-state index contributed by atoms with van der Waals surface area (Å²) in [5, 5.41) is 0. The van der Waals surface area contributed by atoms with Crippen molar-refractivity contribution in [2.75, 3.05) is 7.11 Å². The highest BCUT2D eigenvalue weighted by atomic mass is 16.5. The summed E-state index contributed by atoms with van der Waals surface area (Å²) < 4.78 is 5.35. The molecule has 0 heterocycles. The first-order chi connectivity index (χ1) is 7.67. The van der Waals surface area contributed by atoms with E-state index in [-0.39, 0.29) is 0 Å². The maximum Gasteiger partial charge on any atom is 0.122 e. The Morgan fingerprint density at radius 1 is 1.31 bits per heavy atom. The van der Waals surface area contributed by atoms with Gasteiger partial charge in [0.1, 0.15) is 5.75 Å². The molecule has 1 aromatic carbocycles. The van der Waals surface area contributed by atoms with Crippen LogP contribution in [-0.2, 0) is 6.42 Å². The third-order valence-electron chi connectivity index (χ3n) is 2.88. The number of hydrogen-bond acceptors (Lipinski definition) is 2. The molecule has 2 heteroatoms. The molecule has 1 unspecified atom stereocenters. The van der Waals surface area contributed by atoms with Crippen molar-refractivity contribution in [3.63, 3.8) is 0 Å². The topological polar surface area (TPSA) is 35.2 Å². The Morgan fingerprint density at radius 3 is 2.69 bits per heavy atom. The summed E-state index contributed by atoms with van der Waals surface area (Å²) in [6.45, 7) is 4.28. The van der Waals surface area contributed by atoms with Gasteiger partial charge in [0.2, 0.25) is 0 Å². The van der Waals surface area contributed by atoms with Gasteiger partial charge in [0.05, 0.1) is 7.11 Å². The molecular weight excluding hydrogens is 198 g/mol. The second-order valence-electron chi connectivity index (χ2n) is 4.40. The smallest absolute Gasteiger partial charge is 0.122 e. The lowest BCUT2D eigenvalue weighted by Gasteiger charge is -2.13.